The summed E-state index contributed by atoms with van der Waals surface area (Å²) < 4.78 is 5.02. The van der Waals surface area contributed by atoms with Crippen molar-refractivity contribution in [3.63, 3.8) is 0 Å². The molecule has 1 N–H and O–H groups in total. The Kier molecular flexibility index (Phi) is 2.23. The normalized spacial score (nSPS) is 21.6. The Labute approximate surface area is 95.4 Å². The van der Waals surface area contributed by atoms with Crippen LogP contribution in [0, 0.1) is 11.3 Å². The fourth-order valence-electron chi connectivity index (χ4n) is 2.35. The molecule has 1 aromatic heterocycles. The fraction of sp³-hybridized carbons (Fsp3) is 0.667. The first-order valence-electron chi connectivity index (χ1n) is 5.92. The van der Waals surface area contributed by atoms with E-state index in [0.717, 1.165) is 12.5 Å². The maximum atomic E-state index is 5.02. The maximum absolute atomic E-state index is 5.02. The third kappa shape index (κ3) is 1.84. The molecule has 1 aromatic rings. The Hall–Kier alpha value is -1.32. The molecule has 2 saturated carbocycles. The number of aromatic nitrogens is 2. The zero-order chi connectivity index (χ0) is 11.0. The second kappa shape index (κ2) is 3.61. The van der Waals surface area contributed by atoms with Gasteiger partial charge in [-0.25, -0.2) is 9.97 Å². The highest BCUT2D eigenvalue weighted by Gasteiger charge is 2.53. The average molecular weight is 219 g/mol. The molecule has 0 spiro atoms. The fourth-order valence-corrected chi connectivity index (χ4v) is 2.35. The van der Waals surface area contributed by atoms with Gasteiger partial charge in [-0.2, -0.15) is 0 Å². The smallest absolute Gasteiger partial charge is 0.222 e. The number of hydrogen-bond acceptors (Lipinski definition) is 4. The molecule has 16 heavy (non-hydrogen) atoms. The molecule has 3 rings (SSSR count). The van der Waals surface area contributed by atoms with Crippen LogP contribution in [-0.2, 0) is 0 Å². The summed E-state index contributed by atoms with van der Waals surface area (Å²) in [5, 5.41) is 3.34. The molecule has 0 unspecified atom stereocenters. The van der Waals surface area contributed by atoms with E-state index in [2.05, 4.69) is 15.3 Å². The van der Waals surface area contributed by atoms with Crippen molar-refractivity contribution >= 4 is 5.95 Å². The molecule has 4 nitrogen and oxygen atoms in total. The van der Waals surface area contributed by atoms with Crippen LogP contribution in [0.25, 0.3) is 0 Å². The first kappa shape index (κ1) is 9.87. The van der Waals surface area contributed by atoms with Gasteiger partial charge in [0.1, 0.15) is 0 Å². The van der Waals surface area contributed by atoms with Crippen LogP contribution in [0.1, 0.15) is 25.7 Å². The van der Waals surface area contributed by atoms with E-state index in [1.54, 1.807) is 19.5 Å². The van der Waals surface area contributed by atoms with Gasteiger partial charge in [0.05, 0.1) is 19.5 Å². The third-order valence-corrected chi connectivity index (χ3v) is 3.80. The monoisotopic (exact) mass is 219 g/mol. The van der Waals surface area contributed by atoms with Crippen LogP contribution in [0.2, 0.25) is 0 Å². The number of methoxy groups -OCH3 is 1. The number of nitrogens with zero attached hydrogens (tertiary/aromatic N) is 2. The van der Waals surface area contributed by atoms with Crippen LogP contribution in [0.5, 0.6) is 5.75 Å². The van der Waals surface area contributed by atoms with Crippen molar-refractivity contribution in [2.24, 2.45) is 11.3 Å². The molecule has 4 heteroatoms. The van der Waals surface area contributed by atoms with Crippen LogP contribution >= 0.6 is 0 Å². The SMILES string of the molecule is COc1cnc(NCC2(C3CC3)CC2)nc1. The van der Waals surface area contributed by atoms with Crippen molar-refractivity contribution in [3.8, 4) is 5.75 Å². The van der Waals surface area contributed by atoms with Gasteiger partial charge in [-0.15, -0.1) is 0 Å². The van der Waals surface area contributed by atoms with Gasteiger partial charge in [0, 0.05) is 6.54 Å². The van der Waals surface area contributed by atoms with Crippen molar-refractivity contribution in [2.45, 2.75) is 25.7 Å². The summed E-state index contributed by atoms with van der Waals surface area (Å²) >= 11 is 0. The number of hydrogen-bond donors (Lipinski definition) is 1. The minimum atomic E-state index is 0.587. The van der Waals surface area contributed by atoms with Crippen LogP contribution in [0.3, 0.4) is 0 Å². The molecule has 0 amide bonds. The Morgan fingerprint density at radius 2 is 2.06 bits per heavy atom. The summed E-state index contributed by atoms with van der Waals surface area (Å²) in [6.07, 6.45) is 9.00. The van der Waals surface area contributed by atoms with E-state index in [0.29, 0.717) is 17.1 Å². The number of anilines is 1. The molecule has 0 atom stereocenters. The quantitative estimate of drug-likeness (QED) is 0.823. The predicted octanol–water partition coefficient (Wildman–Crippen LogP) is 2.09. The molecule has 0 radical (unpaired) electrons. The zero-order valence-electron chi connectivity index (χ0n) is 9.57. The van der Waals surface area contributed by atoms with E-state index in [1.807, 2.05) is 0 Å². The number of nitrogens with one attached hydrogen (secondary N) is 1. The highest BCUT2D eigenvalue weighted by atomic mass is 16.5. The van der Waals surface area contributed by atoms with Gasteiger partial charge < -0.3 is 10.1 Å². The van der Waals surface area contributed by atoms with Crippen LogP contribution in [0.15, 0.2) is 12.4 Å². The summed E-state index contributed by atoms with van der Waals surface area (Å²) in [6.45, 7) is 1.03. The first-order chi connectivity index (χ1) is 7.82. The van der Waals surface area contributed by atoms with Gasteiger partial charge in [0.15, 0.2) is 5.75 Å². The molecule has 2 fully saturated rings. The van der Waals surface area contributed by atoms with Gasteiger partial charge >= 0.3 is 0 Å². The molecular formula is C12H17N3O. The van der Waals surface area contributed by atoms with Crippen LogP contribution in [-0.4, -0.2) is 23.6 Å². The van der Waals surface area contributed by atoms with Crippen LogP contribution < -0.4 is 10.1 Å². The van der Waals surface area contributed by atoms with Gasteiger partial charge in [0.25, 0.3) is 0 Å². The van der Waals surface area contributed by atoms with Gasteiger partial charge in [-0.1, -0.05) is 0 Å². The summed E-state index contributed by atoms with van der Waals surface area (Å²) in [5.41, 5.74) is 0.587. The van der Waals surface area contributed by atoms with Crippen molar-refractivity contribution in [3.05, 3.63) is 12.4 Å². The van der Waals surface area contributed by atoms with Crippen molar-refractivity contribution in [1.29, 1.82) is 0 Å². The van der Waals surface area contributed by atoms with Crippen molar-refractivity contribution in [2.75, 3.05) is 19.0 Å². The van der Waals surface area contributed by atoms with E-state index in [1.165, 1.54) is 25.7 Å². The Morgan fingerprint density at radius 1 is 1.38 bits per heavy atom. The largest absolute Gasteiger partial charge is 0.494 e. The van der Waals surface area contributed by atoms with Crippen molar-refractivity contribution < 1.29 is 4.74 Å². The lowest BCUT2D eigenvalue weighted by Crippen LogP contribution is -2.18. The second-order valence-electron chi connectivity index (χ2n) is 4.94. The third-order valence-electron chi connectivity index (χ3n) is 3.80. The molecular weight excluding hydrogens is 202 g/mol. The molecule has 0 aromatic carbocycles. The summed E-state index contributed by atoms with van der Waals surface area (Å²) in [4.78, 5) is 8.43. The Bertz CT molecular complexity index is 368. The topological polar surface area (TPSA) is 47.0 Å². The van der Waals surface area contributed by atoms with E-state index < -0.39 is 0 Å². The van der Waals surface area contributed by atoms with Crippen LogP contribution in [0.4, 0.5) is 5.95 Å². The molecule has 0 saturated heterocycles. The Morgan fingerprint density at radius 3 is 2.56 bits per heavy atom. The summed E-state index contributed by atoms with van der Waals surface area (Å²) in [5.74, 6) is 2.39. The first-order valence-corrected chi connectivity index (χ1v) is 5.92. The molecule has 2 aliphatic carbocycles. The lowest BCUT2D eigenvalue weighted by atomic mass is 10.0. The summed E-state index contributed by atoms with van der Waals surface area (Å²) in [6, 6.07) is 0. The van der Waals surface area contributed by atoms with E-state index in [4.69, 9.17) is 4.74 Å². The molecule has 0 bridgehead atoms. The predicted molar refractivity (Wildman–Crippen MR) is 61.5 cm³/mol. The highest BCUT2D eigenvalue weighted by Crippen LogP contribution is 2.61. The number of rotatable bonds is 5. The molecule has 86 valence electrons. The standard InChI is InChI=1S/C12H17N3O/c1-16-10-6-13-11(14-7-10)15-8-12(4-5-12)9-2-3-9/h6-7,9H,2-5,8H2,1H3,(H,13,14,15). The minimum Gasteiger partial charge on any atom is -0.494 e. The average Bonchev–Trinajstić information content (AvgIpc) is 3.17. The number of ether oxygens (including phenoxy) is 1. The molecule has 2 aliphatic rings. The van der Waals surface area contributed by atoms with Crippen molar-refractivity contribution in [1.82, 2.24) is 9.97 Å². The summed E-state index contributed by atoms with van der Waals surface area (Å²) in [7, 11) is 1.62. The van der Waals surface area contributed by atoms with E-state index >= 15 is 0 Å². The van der Waals surface area contributed by atoms with Gasteiger partial charge in [-0.3, -0.25) is 0 Å². The lowest BCUT2D eigenvalue weighted by molar-refractivity contribution is 0.410. The lowest BCUT2D eigenvalue weighted by Gasteiger charge is -2.14. The molecule has 0 aliphatic heterocycles. The maximum Gasteiger partial charge on any atom is 0.222 e. The minimum absolute atomic E-state index is 0.587. The van der Waals surface area contributed by atoms with E-state index in [9.17, 15) is 0 Å². The van der Waals surface area contributed by atoms with Gasteiger partial charge in [-0.05, 0) is 37.0 Å². The molecule has 1 heterocycles. The highest BCUT2D eigenvalue weighted by molar-refractivity contribution is 5.28. The van der Waals surface area contributed by atoms with Gasteiger partial charge in [0.2, 0.25) is 5.95 Å². The second-order valence-corrected chi connectivity index (χ2v) is 4.94. The zero-order valence-corrected chi connectivity index (χ0v) is 9.57. The van der Waals surface area contributed by atoms with E-state index in [-0.39, 0.29) is 0 Å². The Balaban J connectivity index is 1.57.